The molecule has 0 spiro atoms. The van der Waals surface area contributed by atoms with Gasteiger partial charge in [0.1, 0.15) is 6.54 Å². The van der Waals surface area contributed by atoms with E-state index in [4.69, 9.17) is 0 Å². The molecule has 208 valence electrons. The molecule has 0 rings (SSSR count). The van der Waals surface area contributed by atoms with Crippen LogP contribution in [-0.4, -0.2) is 52.4 Å². The number of allylic oxidation sites excluding steroid dienone is 4. The first kappa shape index (κ1) is 34.6. The van der Waals surface area contributed by atoms with Crippen LogP contribution < -0.4 is 0 Å². The minimum absolute atomic E-state index is 0.0602. The Morgan fingerprint density at radius 1 is 0.629 bits per heavy atom. The average Bonchev–Trinajstić information content (AvgIpc) is 2.75. The van der Waals surface area contributed by atoms with Gasteiger partial charge < -0.3 is 19.4 Å². The van der Waals surface area contributed by atoms with Crippen LogP contribution in [-0.2, 0) is 4.57 Å². The molecule has 0 fully saturated rings. The molecule has 3 N–H and O–H groups in total. The fraction of sp³-hybridized carbons (Fsp3) is 0.862. The zero-order chi connectivity index (χ0) is 26.5. The highest BCUT2D eigenvalue weighted by Gasteiger charge is 2.48. The molecule has 0 bridgehead atoms. The molecule has 0 aromatic heterocycles. The van der Waals surface area contributed by atoms with Crippen molar-refractivity contribution in [3.8, 4) is 0 Å². The van der Waals surface area contributed by atoms with E-state index < -0.39 is 12.9 Å². The normalized spacial score (nSPS) is 14.8. The van der Waals surface area contributed by atoms with E-state index in [0.29, 0.717) is 10.9 Å². The van der Waals surface area contributed by atoms with Crippen molar-refractivity contribution in [1.82, 2.24) is 0 Å². The van der Waals surface area contributed by atoms with Crippen LogP contribution in [0.5, 0.6) is 0 Å². The smallest absolute Gasteiger partial charge is 0.362 e. The number of hydrogen-bond acceptors (Lipinski definition) is 2. The molecule has 0 amide bonds. The third kappa shape index (κ3) is 21.4. The maximum Gasteiger partial charge on any atom is 0.362 e. The molecule has 0 aliphatic heterocycles. The van der Waals surface area contributed by atoms with Crippen LogP contribution in [0.2, 0.25) is 0 Å². The van der Waals surface area contributed by atoms with Crippen molar-refractivity contribution in [3.63, 3.8) is 0 Å². The third-order valence-electron chi connectivity index (χ3n) is 6.52. The lowest BCUT2D eigenvalue weighted by atomic mass is 10.0. The molecule has 1 atom stereocenters. The van der Waals surface area contributed by atoms with Crippen LogP contribution in [0.1, 0.15) is 129 Å². The molecule has 0 aromatic rings. The molecule has 0 radical (unpaired) electrons. The van der Waals surface area contributed by atoms with E-state index in [-0.39, 0.29) is 13.0 Å². The van der Waals surface area contributed by atoms with Gasteiger partial charge in [-0.05, 0) is 51.4 Å². The first-order chi connectivity index (χ1) is 16.5. The predicted molar refractivity (Wildman–Crippen MR) is 152 cm³/mol. The second kappa shape index (κ2) is 20.6. The molecule has 35 heavy (non-hydrogen) atoms. The van der Waals surface area contributed by atoms with Gasteiger partial charge in [-0.25, -0.2) is 0 Å². The lowest BCUT2D eigenvalue weighted by Crippen LogP contribution is -2.49. The van der Waals surface area contributed by atoms with Crippen LogP contribution >= 0.6 is 7.60 Å². The van der Waals surface area contributed by atoms with Crippen molar-refractivity contribution in [2.75, 3.05) is 27.7 Å². The third-order valence-corrected chi connectivity index (χ3v) is 7.97. The number of nitrogens with zero attached hydrogens (tertiary/aromatic N) is 1. The standard InChI is InChI=1S/C29H58NO4P/c1-5-6-7-8-9-10-11-12-13-14-15-16-17-18-19-20-21-22-23-24-25-26-27-29(31,35(32,33)34)28-30(2,3)4/h8-9,13-14,31H,5-7,10-12,15-28H2,1-4H3,(H-,32,33,34)/p+1/b9-8-,14-13-. The summed E-state index contributed by atoms with van der Waals surface area (Å²) in [5, 5.41) is 8.65. The van der Waals surface area contributed by atoms with Crippen molar-refractivity contribution in [2.24, 2.45) is 0 Å². The minimum Gasteiger partial charge on any atom is -0.373 e. The lowest BCUT2D eigenvalue weighted by Gasteiger charge is -2.35. The van der Waals surface area contributed by atoms with Gasteiger partial charge in [0.15, 0.2) is 0 Å². The van der Waals surface area contributed by atoms with Crippen LogP contribution in [0, 0.1) is 0 Å². The van der Waals surface area contributed by atoms with E-state index in [9.17, 15) is 19.5 Å². The molecular formula is C29H59NO4P+. The Hall–Kier alpha value is -0.450. The first-order valence-electron chi connectivity index (χ1n) is 14.4. The largest absolute Gasteiger partial charge is 0.373 e. The van der Waals surface area contributed by atoms with Crippen molar-refractivity contribution >= 4 is 7.60 Å². The molecule has 0 heterocycles. The molecule has 1 unspecified atom stereocenters. The first-order valence-corrected chi connectivity index (χ1v) is 16.0. The maximum absolute atomic E-state index is 11.8. The van der Waals surface area contributed by atoms with Crippen molar-refractivity contribution in [1.29, 1.82) is 0 Å². The van der Waals surface area contributed by atoms with Gasteiger partial charge in [0, 0.05) is 0 Å². The monoisotopic (exact) mass is 516 g/mol. The van der Waals surface area contributed by atoms with E-state index in [1.54, 1.807) is 0 Å². The van der Waals surface area contributed by atoms with Gasteiger partial charge in [-0.3, -0.25) is 4.57 Å². The van der Waals surface area contributed by atoms with Crippen LogP contribution in [0.3, 0.4) is 0 Å². The number of likely N-dealkylation sites (N-methyl/N-ethyl adjacent to an activating group) is 1. The molecule has 0 saturated carbocycles. The van der Waals surface area contributed by atoms with Crippen LogP contribution in [0.4, 0.5) is 0 Å². The second-order valence-corrected chi connectivity index (χ2v) is 13.3. The Balaban J connectivity index is 3.54. The zero-order valence-corrected chi connectivity index (χ0v) is 24.5. The van der Waals surface area contributed by atoms with Gasteiger partial charge in [-0.2, -0.15) is 0 Å². The van der Waals surface area contributed by atoms with Gasteiger partial charge in [0.05, 0.1) is 21.1 Å². The topological polar surface area (TPSA) is 77.8 Å². The summed E-state index contributed by atoms with van der Waals surface area (Å²) in [7, 11) is 0.978. The summed E-state index contributed by atoms with van der Waals surface area (Å²) in [4.78, 5) is 19.2. The van der Waals surface area contributed by atoms with E-state index >= 15 is 0 Å². The Morgan fingerprint density at radius 3 is 1.40 bits per heavy atom. The van der Waals surface area contributed by atoms with E-state index in [1.807, 2.05) is 21.1 Å². The molecular weight excluding hydrogens is 457 g/mol. The van der Waals surface area contributed by atoms with Crippen LogP contribution in [0.15, 0.2) is 24.3 Å². The lowest BCUT2D eigenvalue weighted by molar-refractivity contribution is -0.875. The van der Waals surface area contributed by atoms with Gasteiger partial charge in [-0.1, -0.05) is 102 Å². The summed E-state index contributed by atoms with van der Waals surface area (Å²) in [6, 6.07) is 0. The number of aliphatic hydroxyl groups is 1. The molecule has 6 heteroatoms. The minimum atomic E-state index is -4.55. The summed E-state index contributed by atoms with van der Waals surface area (Å²) in [6.45, 7) is 2.30. The fourth-order valence-corrected chi connectivity index (χ4v) is 5.54. The van der Waals surface area contributed by atoms with Crippen molar-refractivity contribution < 1.29 is 23.9 Å². The molecule has 0 saturated heterocycles. The summed E-state index contributed by atoms with van der Waals surface area (Å²) in [5.74, 6) is 0. The molecule has 0 aliphatic carbocycles. The highest BCUT2D eigenvalue weighted by atomic mass is 31.2. The Bertz CT molecular complexity index is 594. The number of unbranched alkanes of at least 4 members (excludes halogenated alkanes) is 15. The SMILES string of the molecule is CCCC/C=C\CCC/C=C\CCCCCCCCCCCCCC(O)(C[N+](C)(C)C)P(=O)(O)O. The quantitative estimate of drug-likeness (QED) is 0.0524. The predicted octanol–water partition coefficient (Wildman–Crippen LogP) is 8.10. The number of hydrogen-bond donors (Lipinski definition) is 3. The number of quaternary nitrogens is 1. The van der Waals surface area contributed by atoms with Gasteiger partial charge in [-0.15, -0.1) is 0 Å². The fourth-order valence-electron chi connectivity index (χ4n) is 4.48. The summed E-state index contributed by atoms with van der Waals surface area (Å²) >= 11 is 0. The Kier molecular flexibility index (Phi) is 20.3. The van der Waals surface area contributed by atoms with Gasteiger partial charge in [0.2, 0.25) is 5.34 Å². The number of rotatable bonds is 24. The average molecular weight is 517 g/mol. The molecule has 0 aliphatic rings. The van der Waals surface area contributed by atoms with Gasteiger partial charge >= 0.3 is 7.60 Å². The highest BCUT2D eigenvalue weighted by molar-refractivity contribution is 7.53. The molecule has 0 aromatic carbocycles. The summed E-state index contributed by atoms with van der Waals surface area (Å²) in [5.41, 5.74) is 0. The molecule has 5 nitrogen and oxygen atoms in total. The maximum atomic E-state index is 11.8. The van der Waals surface area contributed by atoms with Crippen molar-refractivity contribution in [2.45, 2.75) is 134 Å². The zero-order valence-electron chi connectivity index (χ0n) is 23.6. The van der Waals surface area contributed by atoms with E-state index in [2.05, 4.69) is 31.2 Å². The van der Waals surface area contributed by atoms with Crippen molar-refractivity contribution in [3.05, 3.63) is 24.3 Å². The highest BCUT2D eigenvalue weighted by Crippen LogP contribution is 2.52. The van der Waals surface area contributed by atoms with E-state index in [1.165, 1.54) is 96.3 Å². The summed E-state index contributed by atoms with van der Waals surface area (Å²) in [6.07, 6.45) is 31.3. The summed E-state index contributed by atoms with van der Waals surface area (Å²) < 4.78 is 12.1. The Labute approximate surface area is 217 Å². The Morgan fingerprint density at radius 2 is 1.00 bits per heavy atom. The van der Waals surface area contributed by atoms with Gasteiger partial charge in [0.25, 0.3) is 0 Å². The second-order valence-electron chi connectivity index (χ2n) is 11.4. The van der Waals surface area contributed by atoms with E-state index in [0.717, 1.165) is 12.8 Å². The van der Waals surface area contributed by atoms with Crippen LogP contribution in [0.25, 0.3) is 0 Å².